The number of carbonyl (C=O) groups is 2. The topological polar surface area (TPSA) is 118 Å². The van der Waals surface area contributed by atoms with Crippen LogP contribution in [0.3, 0.4) is 0 Å². The first-order valence-electron chi connectivity index (χ1n) is 10.9. The normalized spacial score (nSPS) is 11.9. The smallest absolute Gasteiger partial charge is 0.497 e. The lowest BCUT2D eigenvalue weighted by atomic mass is 10.1. The van der Waals surface area contributed by atoms with Crippen molar-refractivity contribution >= 4 is 23.6 Å². The van der Waals surface area contributed by atoms with Crippen molar-refractivity contribution in [1.29, 1.82) is 0 Å². The molecule has 3 N–H and O–H groups in total. The minimum atomic E-state index is -0.852. The van der Waals surface area contributed by atoms with Crippen LogP contribution >= 0.6 is 0 Å². The number of carbonyl (C=O) groups excluding carboxylic acids is 2. The zero-order valence-corrected chi connectivity index (χ0v) is 18.9. The third-order valence-corrected chi connectivity index (χ3v) is 5.63. The van der Waals surface area contributed by atoms with E-state index in [1.807, 2.05) is 24.3 Å². The molecule has 0 spiro atoms. The Hall–Kier alpha value is -4.79. The molecule has 0 fully saturated rings. The summed E-state index contributed by atoms with van der Waals surface area (Å²) in [6.07, 6.45) is -0.155. The van der Waals surface area contributed by atoms with Gasteiger partial charge in [0.05, 0.1) is 7.11 Å². The van der Waals surface area contributed by atoms with Crippen molar-refractivity contribution in [2.75, 3.05) is 12.4 Å². The van der Waals surface area contributed by atoms with Gasteiger partial charge >= 0.3 is 6.16 Å². The number of fused-ring (bicyclic) bond motifs is 2. The van der Waals surface area contributed by atoms with Gasteiger partial charge in [-0.25, -0.2) is 9.48 Å². The molecule has 0 radical (unpaired) electrons. The number of amides is 1. The van der Waals surface area contributed by atoms with Crippen LogP contribution < -0.4 is 25.3 Å². The molecule has 35 heavy (non-hydrogen) atoms. The second-order valence-corrected chi connectivity index (χ2v) is 7.85. The van der Waals surface area contributed by atoms with E-state index in [4.69, 9.17) is 19.9 Å². The van der Waals surface area contributed by atoms with Crippen LogP contribution in [0, 0.1) is 0 Å². The van der Waals surface area contributed by atoms with E-state index in [0.717, 1.165) is 17.0 Å². The lowest BCUT2D eigenvalue weighted by molar-refractivity contribution is 0.100. The summed E-state index contributed by atoms with van der Waals surface area (Å²) < 4.78 is 17.4. The van der Waals surface area contributed by atoms with Crippen molar-refractivity contribution < 1.29 is 23.8 Å². The number of primary amides is 1. The number of nitrogens with two attached hydrogens (primary N) is 1. The molecule has 0 unspecified atom stereocenters. The molecule has 1 amide bonds. The zero-order chi connectivity index (χ0) is 24.4. The lowest BCUT2D eigenvalue weighted by Gasteiger charge is -2.10. The SMILES string of the molecule is COc1ccc2c(c1)CCn1nc(-c3ccc(OC(=O)Oc4ccccc4)cc3)c(C(N)=O)c1N2. The van der Waals surface area contributed by atoms with E-state index in [-0.39, 0.29) is 11.3 Å². The molecule has 1 aromatic heterocycles. The van der Waals surface area contributed by atoms with Crippen molar-refractivity contribution in [3.8, 4) is 28.5 Å². The van der Waals surface area contributed by atoms with Crippen LogP contribution in [0.15, 0.2) is 72.8 Å². The first-order valence-corrected chi connectivity index (χ1v) is 10.9. The van der Waals surface area contributed by atoms with E-state index < -0.39 is 12.1 Å². The summed E-state index contributed by atoms with van der Waals surface area (Å²) in [4.78, 5) is 24.5. The third-order valence-electron chi connectivity index (χ3n) is 5.63. The maximum Gasteiger partial charge on any atom is 0.519 e. The van der Waals surface area contributed by atoms with Gasteiger partial charge in [-0.1, -0.05) is 18.2 Å². The fraction of sp³-hybridized carbons (Fsp3) is 0.115. The number of benzene rings is 3. The molecule has 1 aliphatic heterocycles. The van der Waals surface area contributed by atoms with Crippen molar-refractivity contribution in [2.45, 2.75) is 13.0 Å². The quantitative estimate of drug-likeness (QED) is 0.325. The van der Waals surface area contributed by atoms with Gasteiger partial charge in [-0.3, -0.25) is 4.79 Å². The minimum absolute atomic E-state index is 0.283. The molecule has 2 heterocycles. The Morgan fingerprint density at radius 2 is 1.63 bits per heavy atom. The van der Waals surface area contributed by atoms with Gasteiger partial charge in [-0.05, 0) is 66.6 Å². The van der Waals surface area contributed by atoms with Gasteiger partial charge in [-0.2, -0.15) is 5.10 Å². The predicted molar refractivity (Wildman–Crippen MR) is 129 cm³/mol. The molecule has 0 saturated heterocycles. The second-order valence-electron chi connectivity index (χ2n) is 7.85. The number of nitrogens with zero attached hydrogens (tertiary/aromatic N) is 2. The molecule has 3 aromatic carbocycles. The van der Waals surface area contributed by atoms with Crippen LogP contribution in [0.4, 0.5) is 16.3 Å². The number of ether oxygens (including phenoxy) is 3. The Labute approximate surface area is 201 Å². The number of hydrogen-bond acceptors (Lipinski definition) is 7. The fourth-order valence-electron chi connectivity index (χ4n) is 3.95. The van der Waals surface area contributed by atoms with Gasteiger partial charge in [0, 0.05) is 17.8 Å². The van der Waals surface area contributed by atoms with Gasteiger partial charge in [0.25, 0.3) is 5.91 Å². The largest absolute Gasteiger partial charge is 0.519 e. The molecule has 176 valence electrons. The number of hydrogen-bond donors (Lipinski definition) is 2. The second kappa shape index (κ2) is 9.22. The zero-order valence-electron chi connectivity index (χ0n) is 18.9. The summed E-state index contributed by atoms with van der Waals surface area (Å²) in [7, 11) is 1.62. The summed E-state index contributed by atoms with van der Waals surface area (Å²) >= 11 is 0. The number of aromatic nitrogens is 2. The molecule has 1 aliphatic rings. The Morgan fingerprint density at radius 3 is 2.31 bits per heavy atom. The number of rotatable bonds is 5. The summed E-state index contributed by atoms with van der Waals surface area (Å²) in [6, 6.07) is 21.0. The molecule has 9 nitrogen and oxygen atoms in total. The van der Waals surface area contributed by atoms with E-state index in [2.05, 4.69) is 10.4 Å². The van der Waals surface area contributed by atoms with Gasteiger partial charge in [0.1, 0.15) is 34.3 Å². The molecule has 5 rings (SSSR count). The monoisotopic (exact) mass is 470 g/mol. The van der Waals surface area contributed by atoms with E-state index in [1.165, 1.54) is 0 Å². The maximum atomic E-state index is 12.5. The molecule has 0 bridgehead atoms. The standard InChI is InChI=1S/C26H22N4O5/c1-33-20-11-12-21-17(15-20)13-14-30-25(28-21)22(24(27)31)23(29-30)16-7-9-19(10-8-16)35-26(32)34-18-5-3-2-4-6-18/h2-12,15,28H,13-14H2,1H3,(H2,27,31). The van der Waals surface area contributed by atoms with Gasteiger partial charge < -0.3 is 25.3 Å². The van der Waals surface area contributed by atoms with Crippen LogP contribution in [-0.2, 0) is 13.0 Å². The van der Waals surface area contributed by atoms with E-state index in [1.54, 1.807) is 60.3 Å². The van der Waals surface area contributed by atoms with Crippen molar-refractivity contribution in [3.05, 3.63) is 83.9 Å². The van der Waals surface area contributed by atoms with Crippen molar-refractivity contribution in [2.24, 2.45) is 5.73 Å². The van der Waals surface area contributed by atoms with Crippen LogP contribution in [0.5, 0.6) is 17.2 Å². The Kier molecular flexibility index (Phi) is 5.80. The van der Waals surface area contributed by atoms with Crippen LogP contribution in [0.25, 0.3) is 11.3 Å². The first-order chi connectivity index (χ1) is 17.0. The highest BCUT2D eigenvalue weighted by molar-refractivity contribution is 6.04. The fourth-order valence-corrected chi connectivity index (χ4v) is 3.95. The molecule has 0 atom stereocenters. The van der Waals surface area contributed by atoms with Gasteiger partial charge in [-0.15, -0.1) is 0 Å². The van der Waals surface area contributed by atoms with Gasteiger partial charge in [0.2, 0.25) is 0 Å². The number of nitrogens with one attached hydrogen (secondary N) is 1. The van der Waals surface area contributed by atoms with Crippen LogP contribution in [0.2, 0.25) is 0 Å². The summed E-state index contributed by atoms with van der Waals surface area (Å²) in [6.45, 7) is 0.551. The Morgan fingerprint density at radius 1 is 0.943 bits per heavy atom. The average molecular weight is 470 g/mol. The molecular formula is C26H22N4O5. The van der Waals surface area contributed by atoms with E-state index >= 15 is 0 Å². The Balaban J connectivity index is 1.40. The van der Waals surface area contributed by atoms with Crippen molar-refractivity contribution in [1.82, 2.24) is 9.78 Å². The summed E-state index contributed by atoms with van der Waals surface area (Å²) in [5.74, 6) is 1.36. The Bertz CT molecular complexity index is 1400. The number of anilines is 2. The maximum absolute atomic E-state index is 12.5. The summed E-state index contributed by atoms with van der Waals surface area (Å²) in [5.41, 5.74) is 9.06. The van der Waals surface area contributed by atoms with E-state index in [9.17, 15) is 9.59 Å². The molecule has 4 aromatic rings. The highest BCUT2D eigenvalue weighted by Gasteiger charge is 2.26. The molecule has 0 saturated carbocycles. The predicted octanol–water partition coefficient (Wildman–Crippen LogP) is 4.54. The third kappa shape index (κ3) is 4.51. The van der Waals surface area contributed by atoms with Crippen LogP contribution in [0.1, 0.15) is 15.9 Å². The number of aryl methyl sites for hydroxylation is 2. The number of methoxy groups -OCH3 is 1. The van der Waals surface area contributed by atoms with Crippen LogP contribution in [-0.4, -0.2) is 29.0 Å². The highest BCUT2D eigenvalue weighted by atomic mass is 16.7. The van der Waals surface area contributed by atoms with Gasteiger partial charge in [0.15, 0.2) is 0 Å². The van der Waals surface area contributed by atoms with Crippen molar-refractivity contribution in [3.63, 3.8) is 0 Å². The highest BCUT2D eigenvalue weighted by Crippen LogP contribution is 2.35. The average Bonchev–Trinajstić information content (AvgIpc) is 3.13. The summed E-state index contributed by atoms with van der Waals surface area (Å²) in [5, 5.41) is 7.98. The molecular weight excluding hydrogens is 448 g/mol. The minimum Gasteiger partial charge on any atom is -0.497 e. The van der Waals surface area contributed by atoms with E-state index in [0.29, 0.717) is 35.8 Å². The first kappa shape index (κ1) is 22.0. The lowest BCUT2D eigenvalue weighted by Crippen LogP contribution is -2.14. The number of para-hydroxylation sites is 1. The molecule has 9 heteroatoms. The molecule has 0 aliphatic carbocycles.